The minimum atomic E-state index is -0.0392. The minimum absolute atomic E-state index is 0.0392. The summed E-state index contributed by atoms with van der Waals surface area (Å²) in [5.74, 6) is 1.62. The van der Waals surface area contributed by atoms with Crippen molar-refractivity contribution in [2.24, 2.45) is 0 Å². The van der Waals surface area contributed by atoms with Crippen LogP contribution in [0.3, 0.4) is 0 Å². The van der Waals surface area contributed by atoms with Crippen LogP contribution < -0.4 is 20.5 Å². The summed E-state index contributed by atoms with van der Waals surface area (Å²) in [6.45, 7) is 6.40. The fourth-order valence-electron chi connectivity index (χ4n) is 5.14. The fourth-order valence-corrected chi connectivity index (χ4v) is 6.05. The number of aliphatic hydroxyl groups is 2. The number of aromatic nitrogens is 4. The SMILES string of the molecule is Cc1nn(-c2ccnc(Nc3ccc(-c4csc5c(=O)cc(N6CCOCC6)oc45)cc3)n2)cc1C[NH+](CCO)CCO. The predicted molar refractivity (Wildman–Crippen MR) is 165 cm³/mol. The number of hydrogen-bond acceptors (Lipinski definition) is 11. The first-order valence-corrected chi connectivity index (χ1v) is 15.1. The molecule has 12 nitrogen and oxygen atoms in total. The fraction of sp³-hybridized carbons (Fsp3) is 0.333. The molecule has 0 unspecified atom stereocenters. The number of aliphatic hydroxyl groups excluding tert-OH is 2. The van der Waals surface area contributed by atoms with E-state index in [0.717, 1.165) is 33.0 Å². The molecule has 1 aliphatic rings. The van der Waals surface area contributed by atoms with Crippen molar-refractivity contribution in [2.45, 2.75) is 13.5 Å². The summed E-state index contributed by atoms with van der Waals surface area (Å²) in [5.41, 5.74) is 5.07. The Kier molecular flexibility index (Phi) is 8.77. The number of nitrogens with one attached hydrogen (secondary N) is 2. The summed E-state index contributed by atoms with van der Waals surface area (Å²) in [5, 5.41) is 28.5. The normalized spacial score (nSPS) is 13.7. The van der Waals surface area contributed by atoms with Crippen molar-refractivity contribution in [3.8, 4) is 16.9 Å². The van der Waals surface area contributed by atoms with Gasteiger partial charge in [0.2, 0.25) is 11.4 Å². The summed E-state index contributed by atoms with van der Waals surface area (Å²) in [7, 11) is 0. The van der Waals surface area contributed by atoms with E-state index >= 15 is 0 Å². The molecule has 1 saturated heterocycles. The van der Waals surface area contributed by atoms with Crippen molar-refractivity contribution in [1.29, 1.82) is 0 Å². The lowest BCUT2D eigenvalue weighted by Gasteiger charge is -2.27. The van der Waals surface area contributed by atoms with Crippen LogP contribution in [0.4, 0.5) is 17.5 Å². The molecule has 4 N–H and O–H groups in total. The van der Waals surface area contributed by atoms with Gasteiger partial charge < -0.3 is 34.5 Å². The Bertz CT molecular complexity index is 1740. The number of anilines is 3. The van der Waals surface area contributed by atoms with Crippen molar-refractivity contribution in [3.63, 3.8) is 0 Å². The van der Waals surface area contributed by atoms with Crippen LogP contribution in [-0.4, -0.2) is 82.6 Å². The molecule has 5 aromatic rings. The number of benzene rings is 1. The van der Waals surface area contributed by atoms with Crippen LogP contribution in [0.2, 0.25) is 0 Å². The summed E-state index contributed by atoms with van der Waals surface area (Å²) < 4.78 is 14.0. The lowest BCUT2D eigenvalue weighted by Crippen LogP contribution is -3.11. The molecule has 1 fully saturated rings. The number of quaternary nitrogens is 1. The van der Waals surface area contributed by atoms with Crippen LogP contribution in [0.5, 0.6) is 0 Å². The second kappa shape index (κ2) is 13.0. The Hall–Kier alpha value is -4.14. The van der Waals surface area contributed by atoms with Crippen LogP contribution in [0.25, 0.3) is 27.2 Å². The molecule has 4 aromatic heterocycles. The number of ether oxygens (including phenoxy) is 1. The maximum Gasteiger partial charge on any atom is 0.229 e. The number of hydrogen-bond donors (Lipinski definition) is 4. The Labute approximate surface area is 251 Å². The van der Waals surface area contributed by atoms with Gasteiger partial charge in [0.15, 0.2) is 17.3 Å². The van der Waals surface area contributed by atoms with E-state index in [-0.39, 0.29) is 18.6 Å². The van der Waals surface area contributed by atoms with Crippen molar-refractivity contribution < 1.29 is 24.3 Å². The van der Waals surface area contributed by atoms with E-state index in [0.29, 0.717) is 73.9 Å². The van der Waals surface area contributed by atoms with E-state index in [2.05, 4.69) is 20.4 Å². The Morgan fingerprint density at radius 2 is 1.86 bits per heavy atom. The highest BCUT2D eigenvalue weighted by atomic mass is 32.1. The first kappa shape index (κ1) is 29.0. The molecule has 0 atom stereocenters. The molecule has 6 rings (SSSR count). The lowest BCUT2D eigenvalue weighted by molar-refractivity contribution is -0.914. The summed E-state index contributed by atoms with van der Waals surface area (Å²) in [6, 6.07) is 11.2. The average Bonchev–Trinajstić information content (AvgIpc) is 3.62. The van der Waals surface area contributed by atoms with Gasteiger partial charge >= 0.3 is 0 Å². The van der Waals surface area contributed by atoms with E-state index in [9.17, 15) is 15.0 Å². The number of fused-ring (bicyclic) bond motifs is 1. The van der Waals surface area contributed by atoms with E-state index in [1.807, 2.05) is 47.7 Å². The van der Waals surface area contributed by atoms with Gasteiger partial charge in [-0.3, -0.25) is 4.79 Å². The van der Waals surface area contributed by atoms with Gasteiger partial charge in [0.25, 0.3) is 0 Å². The lowest BCUT2D eigenvalue weighted by atomic mass is 10.1. The van der Waals surface area contributed by atoms with E-state index in [1.165, 1.54) is 11.3 Å². The molecular weight excluding hydrogens is 570 g/mol. The molecule has 0 radical (unpaired) electrons. The smallest absolute Gasteiger partial charge is 0.229 e. The summed E-state index contributed by atoms with van der Waals surface area (Å²) >= 11 is 1.39. The van der Waals surface area contributed by atoms with Crippen LogP contribution in [-0.2, 0) is 11.3 Å². The van der Waals surface area contributed by atoms with Gasteiger partial charge in [0, 0.05) is 59.8 Å². The zero-order valence-electron chi connectivity index (χ0n) is 23.8. The standard InChI is InChI=1S/C30H33N7O5S/c1-20-22(17-35(8-12-38)9-13-39)18-37(34-20)26-6-7-31-30(33-26)32-23-4-2-21(3-5-23)24-19-43-29-25(40)16-27(42-28(24)29)36-10-14-41-15-11-36/h2-7,16,18-19,38-39H,8-15,17H2,1H3,(H,31,32,33)/p+1. The molecule has 5 heterocycles. The van der Waals surface area contributed by atoms with E-state index in [1.54, 1.807) is 23.0 Å². The predicted octanol–water partition coefficient (Wildman–Crippen LogP) is 1.76. The van der Waals surface area contributed by atoms with Crippen LogP contribution in [0, 0.1) is 6.92 Å². The topological polar surface area (TPSA) is 143 Å². The highest BCUT2D eigenvalue weighted by molar-refractivity contribution is 7.17. The summed E-state index contributed by atoms with van der Waals surface area (Å²) in [6.07, 6.45) is 3.61. The molecular formula is C30H34N7O5S+. The molecule has 0 saturated carbocycles. The first-order valence-electron chi connectivity index (χ1n) is 14.2. The van der Waals surface area contributed by atoms with E-state index in [4.69, 9.17) is 9.15 Å². The maximum atomic E-state index is 12.8. The third kappa shape index (κ3) is 6.45. The molecule has 1 aromatic carbocycles. The highest BCUT2D eigenvalue weighted by Gasteiger charge is 2.19. The van der Waals surface area contributed by atoms with Crippen LogP contribution >= 0.6 is 11.3 Å². The van der Waals surface area contributed by atoms with Gasteiger partial charge in [-0.25, -0.2) is 9.67 Å². The van der Waals surface area contributed by atoms with Crippen molar-refractivity contribution in [3.05, 3.63) is 75.7 Å². The van der Waals surface area contributed by atoms with Crippen molar-refractivity contribution in [1.82, 2.24) is 19.7 Å². The molecule has 0 bridgehead atoms. The third-order valence-corrected chi connectivity index (χ3v) is 8.43. The monoisotopic (exact) mass is 604 g/mol. The van der Waals surface area contributed by atoms with Gasteiger partial charge in [-0.1, -0.05) is 12.1 Å². The molecule has 224 valence electrons. The quantitative estimate of drug-likeness (QED) is 0.176. The van der Waals surface area contributed by atoms with Gasteiger partial charge in [0.05, 0.1) is 32.1 Å². The molecule has 0 aliphatic carbocycles. The third-order valence-electron chi connectivity index (χ3n) is 7.45. The number of rotatable bonds is 11. The largest absolute Gasteiger partial charge is 0.439 e. The Balaban J connectivity index is 1.19. The number of aryl methyl sites for hydroxylation is 1. The number of thiophene rings is 1. The van der Waals surface area contributed by atoms with Gasteiger partial charge in [-0.2, -0.15) is 10.1 Å². The number of morpholine rings is 1. The van der Waals surface area contributed by atoms with Gasteiger partial charge in [0.1, 0.15) is 24.3 Å². The zero-order chi connectivity index (χ0) is 29.8. The second-order valence-corrected chi connectivity index (χ2v) is 11.2. The van der Waals surface area contributed by atoms with Crippen LogP contribution in [0.15, 0.2) is 63.4 Å². The zero-order valence-corrected chi connectivity index (χ0v) is 24.6. The Morgan fingerprint density at radius 1 is 1.09 bits per heavy atom. The maximum absolute atomic E-state index is 12.8. The molecule has 0 amide bonds. The first-order chi connectivity index (χ1) is 21.0. The second-order valence-electron chi connectivity index (χ2n) is 10.4. The van der Waals surface area contributed by atoms with Crippen molar-refractivity contribution >= 4 is 39.1 Å². The highest BCUT2D eigenvalue weighted by Crippen LogP contribution is 2.35. The minimum Gasteiger partial charge on any atom is -0.439 e. The molecule has 1 aliphatic heterocycles. The molecule has 13 heteroatoms. The number of nitrogens with zero attached hydrogens (tertiary/aromatic N) is 5. The van der Waals surface area contributed by atoms with Gasteiger partial charge in [-0.05, 0) is 24.6 Å². The van der Waals surface area contributed by atoms with E-state index < -0.39 is 0 Å². The Morgan fingerprint density at radius 3 is 2.60 bits per heavy atom. The van der Waals surface area contributed by atoms with Crippen LogP contribution in [0.1, 0.15) is 11.3 Å². The van der Waals surface area contributed by atoms with Gasteiger partial charge in [-0.15, -0.1) is 11.3 Å². The average molecular weight is 605 g/mol. The molecule has 43 heavy (non-hydrogen) atoms. The van der Waals surface area contributed by atoms with Crippen molar-refractivity contribution in [2.75, 3.05) is 62.8 Å². The molecule has 0 spiro atoms. The summed E-state index contributed by atoms with van der Waals surface area (Å²) in [4.78, 5) is 25.0.